The Balaban J connectivity index is 1.68. The van der Waals surface area contributed by atoms with Crippen LogP contribution in [0.1, 0.15) is 19.8 Å². The van der Waals surface area contributed by atoms with Gasteiger partial charge in [0.15, 0.2) is 5.82 Å². The molecule has 1 atom stereocenters. The van der Waals surface area contributed by atoms with Crippen LogP contribution in [0.4, 0.5) is 0 Å². The van der Waals surface area contributed by atoms with E-state index in [0.29, 0.717) is 26.6 Å². The molecule has 1 aromatic heterocycles. The fourth-order valence-electron chi connectivity index (χ4n) is 2.57. The van der Waals surface area contributed by atoms with Gasteiger partial charge < -0.3 is 11.2 Å². The predicted octanol–water partition coefficient (Wildman–Crippen LogP) is 2.87. The van der Waals surface area contributed by atoms with Gasteiger partial charge >= 0.3 is 0 Å². The lowest BCUT2D eigenvalue weighted by Crippen LogP contribution is -2.47. The van der Waals surface area contributed by atoms with Crippen LogP contribution in [0.3, 0.4) is 0 Å². The van der Waals surface area contributed by atoms with E-state index in [9.17, 15) is 10.1 Å². The predicted molar refractivity (Wildman–Crippen MR) is 101 cm³/mol. The van der Waals surface area contributed by atoms with Crippen molar-refractivity contribution in [2.75, 3.05) is 11.6 Å². The molecule has 1 amide bonds. The number of nitrogens with two attached hydrogens (primary N) is 1. The molecule has 0 saturated heterocycles. The second kappa shape index (κ2) is 7.35. The fraction of sp³-hybridized carbons (Fsp3) is 0.375. The Morgan fingerprint density at radius 3 is 2.88 bits per heavy atom. The zero-order valence-electron chi connectivity index (χ0n) is 13.9. The molecule has 0 radical (unpaired) electrons. The van der Waals surface area contributed by atoms with E-state index in [-0.39, 0.29) is 17.6 Å². The standard InChI is InChI=1S/C16H16Cl2N6OS/c1-16(8-19,9-2-3-9)21-13(25)7-26-15-23-22-14(24(15)20)11-6-10(17)4-5-12(11)18/h4-6,9H,2-3,7,20H2,1H3,(H,21,25)/t16-/m0/s1. The van der Waals surface area contributed by atoms with Crippen LogP contribution < -0.4 is 11.2 Å². The number of amides is 1. The average molecular weight is 411 g/mol. The number of aromatic nitrogens is 3. The summed E-state index contributed by atoms with van der Waals surface area (Å²) in [4.78, 5) is 12.2. The monoisotopic (exact) mass is 410 g/mol. The maximum atomic E-state index is 12.2. The van der Waals surface area contributed by atoms with Crippen LogP contribution in [-0.4, -0.2) is 32.1 Å². The Bertz CT molecular complexity index is 891. The molecule has 0 spiro atoms. The summed E-state index contributed by atoms with van der Waals surface area (Å²) >= 11 is 13.3. The van der Waals surface area contributed by atoms with E-state index < -0.39 is 5.54 Å². The van der Waals surface area contributed by atoms with Crippen LogP contribution >= 0.6 is 35.0 Å². The van der Waals surface area contributed by atoms with Crippen LogP contribution in [-0.2, 0) is 4.79 Å². The van der Waals surface area contributed by atoms with Crippen molar-refractivity contribution in [1.29, 1.82) is 5.26 Å². The van der Waals surface area contributed by atoms with Gasteiger partial charge in [0.1, 0.15) is 5.54 Å². The van der Waals surface area contributed by atoms with Crippen molar-refractivity contribution in [1.82, 2.24) is 20.2 Å². The number of rotatable bonds is 6. The van der Waals surface area contributed by atoms with Crippen molar-refractivity contribution < 1.29 is 4.79 Å². The molecule has 1 heterocycles. The number of thioether (sulfide) groups is 1. The number of hydrogen-bond acceptors (Lipinski definition) is 6. The summed E-state index contributed by atoms with van der Waals surface area (Å²) in [6.45, 7) is 1.75. The van der Waals surface area contributed by atoms with E-state index >= 15 is 0 Å². The largest absolute Gasteiger partial charge is 0.337 e. The quantitative estimate of drug-likeness (QED) is 0.559. The Morgan fingerprint density at radius 2 is 2.23 bits per heavy atom. The summed E-state index contributed by atoms with van der Waals surface area (Å²) in [5, 5.41) is 21.4. The van der Waals surface area contributed by atoms with Gasteiger partial charge in [0.05, 0.1) is 16.8 Å². The van der Waals surface area contributed by atoms with Crippen LogP contribution in [0.15, 0.2) is 23.4 Å². The van der Waals surface area contributed by atoms with Crippen LogP contribution in [0.25, 0.3) is 11.4 Å². The number of nitrogens with zero attached hydrogens (tertiary/aromatic N) is 4. The first-order valence-electron chi connectivity index (χ1n) is 7.85. The number of halogens is 2. The number of nitriles is 1. The summed E-state index contributed by atoms with van der Waals surface area (Å²) in [6.07, 6.45) is 1.91. The van der Waals surface area contributed by atoms with Gasteiger partial charge in [-0.25, -0.2) is 4.68 Å². The van der Waals surface area contributed by atoms with Crippen LogP contribution in [0.5, 0.6) is 0 Å². The van der Waals surface area contributed by atoms with Crippen molar-refractivity contribution >= 4 is 40.9 Å². The lowest BCUT2D eigenvalue weighted by atomic mass is 9.98. The van der Waals surface area contributed by atoms with Gasteiger partial charge in [0.25, 0.3) is 0 Å². The normalized spacial score (nSPS) is 15.9. The molecule has 2 aromatic rings. The fourth-order valence-corrected chi connectivity index (χ4v) is 3.60. The number of carbonyl (C=O) groups is 1. The molecule has 10 heteroatoms. The molecule has 0 bridgehead atoms. The van der Waals surface area contributed by atoms with Gasteiger partial charge in [-0.15, -0.1) is 10.2 Å². The summed E-state index contributed by atoms with van der Waals surface area (Å²) < 4.78 is 1.26. The highest BCUT2D eigenvalue weighted by Gasteiger charge is 2.42. The Hall–Kier alpha value is -1.95. The Morgan fingerprint density at radius 1 is 1.50 bits per heavy atom. The highest BCUT2D eigenvalue weighted by Crippen LogP contribution is 2.39. The SMILES string of the molecule is C[C@@](C#N)(NC(=O)CSc1nnc(-c2cc(Cl)ccc2Cl)n1N)C1CC1. The van der Waals surface area contributed by atoms with E-state index in [1.54, 1.807) is 25.1 Å². The molecule has 1 fully saturated rings. The minimum atomic E-state index is -0.826. The van der Waals surface area contributed by atoms with Crippen LogP contribution in [0, 0.1) is 17.2 Å². The molecule has 7 nitrogen and oxygen atoms in total. The number of nitrogens with one attached hydrogen (secondary N) is 1. The van der Waals surface area contributed by atoms with Gasteiger partial charge in [0.2, 0.25) is 11.1 Å². The van der Waals surface area contributed by atoms with Gasteiger partial charge in [-0.1, -0.05) is 35.0 Å². The summed E-state index contributed by atoms with van der Waals surface area (Å²) in [5.41, 5.74) is -0.274. The molecule has 1 aliphatic carbocycles. The molecule has 3 rings (SSSR count). The van der Waals surface area contributed by atoms with Crippen molar-refractivity contribution in [2.24, 2.45) is 5.92 Å². The van der Waals surface area contributed by atoms with Gasteiger partial charge in [-0.3, -0.25) is 4.79 Å². The van der Waals surface area contributed by atoms with E-state index in [1.807, 2.05) is 0 Å². The molecule has 1 aliphatic rings. The van der Waals surface area contributed by atoms with Crippen molar-refractivity contribution in [3.63, 3.8) is 0 Å². The summed E-state index contributed by atoms with van der Waals surface area (Å²) in [7, 11) is 0. The first-order chi connectivity index (χ1) is 12.3. The second-order valence-electron chi connectivity index (χ2n) is 6.23. The van der Waals surface area contributed by atoms with Gasteiger partial charge in [-0.2, -0.15) is 5.26 Å². The Kier molecular flexibility index (Phi) is 5.32. The molecule has 26 heavy (non-hydrogen) atoms. The van der Waals surface area contributed by atoms with E-state index in [2.05, 4.69) is 21.6 Å². The third-order valence-electron chi connectivity index (χ3n) is 4.19. The number of benzene rings is 1. The molecule has 1 aromatic carbocycles. The van der Waals surface area contributed by atoms with E-state index in [0.717, 1.165) is 24.6 Å². The zero-order valence-corrected chi connectivity index (χ0v) is 16.2. The molecule has 0 unspecified atom stereocenters. The Labute approximate surface area is 164 Å². The molecule has 1 saturated carbocycles. The highest BCUT2D eigenvalue weighted by atomic mass is 35.5. The van der Waals surface area contributed by atoms with Gasteiger partial charge in [-0.05, 0) is 43.9 Å². The lowest BCUT2D eigenvalue weighted by Gasteiger charge is -2.22. The van der Waals surface area contributed by atoms with Crippen molar-refractivity contribution in [3.05, 3.63) is 28.2 Å². The number of nitrogen functional groups attached to an aromatic ring is 1. The third-order valence-corrected chi connectivity index (χ3v) is 5.70. The molecule has 0 aliphatic heterocycles. The van der Waals surface area contributed by atoms with Crippen molar-refractivity contribution in [2.45, 2.75) is 30.5 Å². The highest BCUT2D eigenvalue weighted by molar-refractivity contribution is 7.99. The van der Waals surface area contributed by atoms with E-state index in [1.165, 1.54) is 4.68 Å². The summed E-state index contributed by atoms with van der Waals surface area (Å²) in [6, 6.07) is 7.15. The lowest BCUT2D eigenvalue weighted by molar-refractivity contribution is -0.119. The molecular weight excluding hydrogens is 395 g/mol. The smallest absolute Gasteiger partial charge is 0.231 e. The minimum Gasteiger partial charge on any atom is -0.337 e. The summed E-state index contributed by atoms with van der Waals surface area (Å²) in [5.74, 6) is 6.42. The van der Waals surface area contributed by atoms with E-state index in [4.69, 9.17) is 29.0 Å². The third kappa shape index (κ3) is 3.90. The minimum absolute atomic E-state index is 0.0720. The van der Waals surface area contributed by atoms with Crippen molar-refractivity contribution in [3.8, 4) is 17.5 Å². The first kappa shape index (κ1) is 18.8. The molecule has 136 valence electrons. The van der Waals surface area contributed by atoms with Gasteiger partial charge in [0, 0.05) is 10.6 Å². The number of carbonyl (C=O) groups excluding carboxylic acids is 1. The maximum Gasteiger partial charge on any atom is 0.231 e. The maximum absolute atomic E-state index is 12.2. The number of hydrogen-bond donors (Lipinski definition) is 2. The average Bonchev–Trinajstić information content (AvgIpc) is 3.40. The second-order valence-corrected chi connectivity index (χ2v) is 8.01. The molecule has 3 N–H and O–H groups in total. The molecular formula is C16H16Cl2N6OS. The van der Waals surface area contributed by atoms with Crippen LogP contribution in [0.2, 0.25) is 10.0 Å². The first-order valence-corrected chi connectivity index (χ1v) is 9.59. The topological polar surface area (TPSA) is 110 Å². The zero-order chi connectivity index (χ0) is 18.9.